The van der Waals surface area contributed by atoms with E-state index in [2.05, 4.69) is 24.1 Å². The van der Waals surface area contributed by atoms with Crippen LogP contribution in [0.3, 0.4) is 0 Å². The van der Waals surface area contributed by atoms with Gasteiger partial charge in [0.05, 0.1) is 5.41 Å². The van der Waals surface area contributed by atoms with Crippen LogP contribution in [0.25, 0.3) is 0 Å². The summed E-state index contributed by atoms with van der Waals surface area (Å²) in [6.45, 7) is 8.06. The van der Waals surface area contributed by atoms with Crippen LogP contribution in [0.1, 0.15) is 51.5 Å². The Bertz CT molecular complexity index is 558. The summed E-state index contributed by atoms with van der Waals surface area (Å²) >= 11 is 6.47. The standard InChI is InChI=1S/C20H32ClN3O/c1-16(2)23-12-10-20(19(22)25,17-8-4-5-9-18(17)21)11-15-24-13-6-3-7-14-24/h4-5,8-9,16,23H,3,6-7,10-15H2,1-2H3,(H2,22,25)/t20-/m1/s1. The van der Waals surface area contributed by atoms with E-state index in [4.69, 9.17) is 17.3 Å². The van der Waals surface area contributed by atoms with Crippen molar-refractivity contribution in [1.82, 2.24) is 10.2 Å². The summed E-state index contributed by atoms with van der Waals surface area (Å²) in [6.07, 6.45) is 5.17. The maximum absolute atomic E-state index is 12.6. The van der Waals surface area contributed by atoms with Gasteiger partial charge in [0, 0.05) is 11.1 Å². The number of benzene rings is 1. The third-order valence-electron chi connectivity index (χ3n) is 5.27. The summed E-state index contributed by atoms with van der Waals surface area (Å²) < 4.78 is 0. The normalized spacial score (nSPS) is 18.2. The van der Waals surface area contributed by atoms with Crippen molar-refractivity contribution in [3.8, 4) is 0 Å². The monoisotopic (exact) mass is 365 g/mol. The summed E-state index contributed by atoms with van der Waals surface area (Å²) in [5, 5.41) is 4.05. The molecule has 25 heavy (non-hydrogen) atoms. The number of nitrogens with two attached hydrogens (primary N) is 1. The zero-order chi connectivity index (χ0) is 18.3. The van der Waals surface area contributed by atoms with Gasteiger partial charge in [0.2, 0.25) is 5.91 Å². The number of piperidine rings is 1. The van der Waals surface area contributed by atoms with Crippen molar-refractivity contribution >= 4 is 17.5 Å². The van der Waals surface area contributed by atoms with E-state index in [1.54, 1.807) is 0 Å². The highest BCUT2D eigenvalue weighted by Crippen LogP contribution is 2.36. The molecule has 0 radical (unpaired) electrons. The number of nitrogens with zero attached hydrogens (tertiary/aromatic N) is 1. The molecule has 1 aromatic rings. The van der Waals surface area contributed by atoms with Gasteiger partial charge in [-0.05, 0) is 63.5 Å². The highest BCUT2D eigenvalue weighted by Gasteiger charge is 2.39. The molecule has 140 valence electrons. The molecule has 3 N–H and O–H groups in total. The lowest BCUT2D eigenvalue weighted by Crippen LogP contribution is -2.47. The minimum atomic E-state index is -0.725. The zero-order valence-corrected chi connectivity index (χ0v) is 16.3. The fourth-order valence-corrected chi connectivity index (χ4v) is 4.05. The highest BCUT2D eigenvalue weighted by molar-refractivity contribution is 6.31. The largest absolute Gasteiger partial charge is 0.369 e. The maximum Gasteiger partial charge on any atom is 0.228 e. The van der Waals surface area contributed by atoms with Crippen molar-refractivity contribution in [3.05, 3.63) is 34.9 Å². The lowest BCUT2D eigenvalue weighted by Gasteiger charge is -2.35. The van der Waals surface area contributed by atoms with Crippen LogP contribution in [-0.4, -0.2) is 43.0 Å². The molecule has 1 saturated heterocycles. The van der Waals surface area contributed by atoms with Gasteiger partial charge in [0.25, 0.3) is 0 Å². The Morgan fingerprint density at radius 2 is 1.92 bits per heavy atom. The Kier molecular flexibility index (Phi) is 7.73. The summed E-state index contributed by atoms with van der Waals surface area (Å²) in [5.74, 6) is -0.275. The predicted molar refractivity (Wildman–Crippen MR) is 105 cm³/mol. The molecule has 0 aliphatic carbocycles. The van der Waals surface area contributed by atoms with Crippen molar-refractivity contribution in [2.24, 2.45) is 5.73 Å². The Labute approximate surface area is 157 Å². The smallest absolute Gasteiger partial charge is 0.228 e. The fraction of sp³-hybridized carbons (Fsp3) is 0.650. The number of rotatable bonds is 9. The molecule has 1 aromatic carbocycles. The van der Waals surface area contributed by atoms with Crippen LogP contribution in [-0.2, 0) is 10.2 Å². The molecule has 1 fully saturated rings. The first-order chi connectivity index (χ1) is 12.0. The maximum atomic E-state index is 12.6. The van der Waals surface area contributed by atoms with Gasteiger partial charge in [-0.3, -0.25) is 4.79 Å². The summed E-state index contributed by atoms with van der Waals surface area (Å²) in [6, 6.07) is 8.02. The number of carbonyl (C=O) groups excluding carboxylic acids is 1. The lowest BCUT2D eigenvalue weighted by molar-refractivity contribution is -0.124. The Morgan fingerprint density at radius 3 is 2.52 bits per heavy atom. The third-order valence-corrected chi connectivity index (χ3v) is 5.60. The van der Waals surface area contributed by atoms with E-state index in [9.17, 15) is 4.79 Å². The molecule has 1 atom stereocenters. The summed E-state index contributed by atoms with van der Waals surface area (Å²) in [7, 11) is 0. The van der Waals surface area contributed by atoms with E-state index < -0.39 is 5.41 Å². The van der Waals surface area contributed by atoms with E-state index >= 15 is 0 Å². The third kappa shape index (κ3) is 5.44. The van der Waals surface area contributed by atoms with Gasteiger partial charge in [-0.2, -0.15) is 0 Å². The van der Waals surface area contributed by atoms with Crippen molar-refractivity contribution in [3.63, 3.8) is 0 Å². The minimum absolute atomic E-state index is 0.275. The first-order valence-corrected chi connectivity index (χ1v) is 9.84. The summed E-state index contributed by atoms with van der Waals surface area (Å²) in [4.78, 5) is 15.1. The second-order valence-electron chi connectivity index (χ2n) is 7.44. The molecule has 2 rings (SSSR count). The highest BCUT2D eigenvalue weighted by atomic mass is 35.5. The minimum Gasteiger partial charge on any atom is -0.369 e. The van der Waals surface area contributed by atoms with Crippen molar-refractivity contribution in [1.29, 1.82) is 0 Å². The van der Waals surface area contributed by atoms with Gasteiger partial charge in [-0.25, -0.2) is 0 Å². The lowest BCUT2D eigenvalue weighted by atomic mass is 9.73. The number of halogens is 1. The number of nitrogens with one attached hydrogen (secondary N) is 1. The van der Waals surface area contributed by atoms with Crippen LogP contribution in [0.4, 0.5) is 0 Å². The number of hydrogen-bond donors (Lipinski definition) is 2. The zero-order valence-electron chi connectivity index (χ0n) is 15.6. The van der Waals surface area contributed by atoms with Crippen molar-refractivity contribution in [2.45, 2.75) is 57.4 Å². The van der Waals surface area contributed by atoms with Gasteiger partial charge in [0.1, 0.15) is 0 Å². The van der Waals surface area contributed by atoms with E-state index in [0.717, 1.165) is 31.7 Å². The molecule has 1 aliphatic rings. The second-order valence-corrected chi connectivity index (χ2v) is 7.84. The van der Waals surface area contributed by atoms with E-state index in [1.807, 2.05) is 24.3 Å². The van der Waals surface area contributed by atoms with Gasteiger partial charge < -0.3 is 16.0 Å². The van der Waals surface area contributed by atoms with E-state index in [1.165, 1.54) is 19.3 Å². The van der Waals surface area contributed by atoms with E-state index in [0.29, 0.717) is 23.9 Å². The molecule has 1 amide bonds. The summed E-state index contributed by atoms with van der Waals surface area (Å²) in [5.41, 5.74) is 6.10. The van der Waals surface area contributed by atoms with Crippen LogP contribution in [0, 0.1) is 0 Å². The molecule has 4 nitrogen and oxygen atoms in total. The van der Waals surface area contributed by atoms with Crippen LogP contribution in [0.2, 0.25) is 5.02 Å². The Hall–Kier alpha value is -1.10. The topological polar surface area (TPSA) is 58.4 Å². The van der Waals surface area contributed by atoms with E-state index in [-0.39, 0.29) is 5.91 Å². The first kappa shape index (κ1) is 20.2. The number of hydrogen-bond acceptors (Lipinski definition) is 3. The van der Waals surface area contributed by atoms with Crippen LogP contribution in [0.5, 0.6) is 0 Å². The van der Waals surface area contributed by atoms with Gasteiger partial charge in [-0.1, -0.05) is 50.1 Å². The number of amides is 1. The molecule has 0 aromatic heterocycles. The van der Waals surface area contributed by atoms with Gasteiger partial charge in [0.15, 0.2) is 0 Å². The van der Waals surface area contributed by atoms with Gasteiger partial charge >= 0.3 is 0 Å². The fourth-order valence-electron chi connectivity index (χ4n) is 3.73. The Morgan fingerprint density at radius 1 is 1.24 bits per heavy atom. The molecule has 0 bridgehead atoms. The Balaban J connectivity index is 2.23. The molecule has 0 saturated carbocycles. The van der Waals surface area contributed by atoms with Gasteiger partial charge in [-0.15, -0.1) is 0 Å². The molecule has 5 heteroatoms. The molecule has 1 heterocycles. The number of carbonyl (C=O) groups is 1. The molecular weight excluding hydrogens is 334 g/mol. The SMILES string of the molecule is CC(C)NCC[C@](CCN1CCCCC1)(C(N)=O)c1ccccc1Cl. The average molecular weight is 366 g/mol. The molecule has 1 aliphatic heterocycles. The quantitative estimate of drug-likeness (QED) is 0.705. The predicted octanol–water partition coefficient (Wildman–Crippen LogP) is 3.33. The first-order valence-electron chi connectivity index (χ1n) is 9.46. The van der Waals surface area contributed by atoms with Crippen LogP contribution < -0.4 is 11.1 Å². The number of primary amides is 1. The molecule has 0 unspecified atom stereocenters. The van der Waals surface area contributed by atoms with Crippen molar-refractivity contribution in [2.75, 3.05) is 26.2 Å². The second kappa shape index (κ2) is 9.56. The number of likely N-dealkylation sites (tertiary alicyclic amines) is 1. The molecule has 0 spiro atoms. The average Bonchev–Trinajstić information content (AvgIpc) is 2.59. The molecular formula is C20H32ClN3O. The van der Waals surface area contributed by atoms with Crippen LogP contribution in [0.15, 0.2) is 24.3 Å². The van der Waals surface area contributed by atoms with Crippen LogP contribution >= 0.6 is 11.6 Å². The van der Waals surface area contributed by atoms with Crippen molar-refractivity contribution < 1.29 is 4.79 Å².